The van der Waals surface area contributed by atoms with Gasteiger partial charge in [0.1, 0.15) is 5.76 Å². The molecule has 7 nitrogen and oxygen atoms in total. The Bertz CT molecular complexity index is 763. The van der Waals surface area contributed by atoms with Crippen molar-refractivity contribution in [2.75, 3.05) is 6.54 Å². The maximum Gasteiger partial charge on any atom is 0.287 e. The van der Waals surface area contributed by atoms with Crippen molar-refractivity contribution in [2.45, 2.75) is 45.7 Å². The molecule has 25 heavy (non-hydrogen) atoms. The summed E-state index contributed by atoms with van der Waals surface area (Å²) in [6.07, 6.45) is 1.65. The molecule has 1 aliphatic rings. The number of furan rings is 1. The van der Waals surface area contributed by atoms with E-state index in [2.05, 4.69) is 10.5 Å². The van der Waals surface area contributed by atoms with Gasteiger partial charge >= 0.3 is 0 Å². The Morgan fingerprint density at radius 3 is 2.84 bits per heavy atom. The van der Waals surface area contributed by atoms with E-state index < -0.39 is 0 Å². The van der Waals surface area contributed by atoms with E-state index in [1.807, 2.05) is 13.8 Å². The van der Waals surface area contributed by atoms with Crippen LogP contribution in [0.4, 0.5) is 0 Å². The average molecular weight is 366 g/mol. The fourth-order valence-electron chi connectivity index (χ4n) is 2.96. The summed E-state index contributed by atoms with van der Waals surface area (Å²) in [7, 11) is 0. The Labute approximate surface area is 150 Å². The summed E-state index contributed by atoms with van der Waals surface area (Å²) in [6.45, 7) is 4.75. The molecule has 0 spiro atoms. The molecule has 1 saturated heterocycles. The summed E-state index contributed by atoms with van der Waals surface area (Å²) in [6, 6.07) is 2.97. The van der Waals surface area contributed by atoms with Crippen molar-refractivity contribution >= 4 is 23.4 Å². The molecular weight excluding hydrogens is 346 g/mol. The summed E-state index contributed by atoms with van der Waals surface area (Å²) >= 11 is 5.69. The van der Waals surface area contributed by atoms with Crippen LogP contribution in [0.2, 0.25) is 5.22 Å². The van der Waals surface area contributed by atoms with E-state index in [4.69, 9.17) is 20.5 Å². The number of nitrogens with one attached hydrogen (secondary N) is 1. The number of rotatable bonds is 4. The lowest BCUT2D eigenvalue weighted by molar-refractivity contribution is -0.131. The highest BCUT2D eigenvalue weighted by Crippen LogP contribution is 2.20. The molecule has 0 saturated carbocycles. The summed E-state index contributed by atoms with van der Waals surface area (Å²) in [4.78, 5) is 26.4. The Kier molecular flexibility index (Phi) is 5.13. The predicted molar refractivity (Wildman–Crippen MR) is 90.2 cm³/mol. The quantitative estimate of drug-likeness (QED) is 0.899. The number of halogens is 1. The van der Waals surface area contributed by atoms with Crippen molar-refractivity contribution in [1.82, 2.24) is 15.4 Å². The second-order valence-corrected chi connectivity index (χ2v) is 6.59. The Morgan fingerprint density at radius 2 is 2.20 bits per heavy atom. The number of aromatic nitrogens is 1. The minimum Gasteiger partial charge on any atom is -0.440 e. The second-order valence-electron chi connectivity index (χ2n) is 6.22. The van der Waals surface area contributed by atoms with Gasteiger partial charge in [0.2, 0.25) is 5.91 Å². The van der Waals surface area contributed by atoms with Crippen LogP contribution in [0.25, 0.3) is 0 Å². The highest BCUT2D eigenvalue weighted by molar-refractivity contribution is 6.29. The summed E-state index contributed by atoms with van der Waals surface area (Å²) in [5.74, 6) is 0.656. The van der Waals surface area contributed by atoms with Gasteiger partial charge in [-0.1, -0.05) is 5.16 Å². The fraction of sp³-hybridized carbons (Fsp3) is 0.471. The molecule has 1 N–H and O–H groups in total. The summed E-state index contributed by atoms with van der Waals surface area (Å²) < 4.78 is 10.3. The highest BCUT2D eigenvalue weighted by atomic mass is 35.5. The first-order valence-electron chi connectivity index (χ1n) is 8.19. The number of carbonyl (C=O) groups is 2. The molecule has 0 aromatic carbocycles. The van der Waals surface area contributed by atoms with E-state index in [0.29, 0.717) is 32.4 Å². The third-order valence-corrected chi connectivity index (χ3v) is 4.67. The fourth-order valence-corrected chi connectivity index (χ4v) is 3.11. The number of amides is 2. The van der Waals surface area contributed by atoms with Crippen molar-refractivity contribution in [3.63, 3.8) is 0 Å². The van der Waals surface area contributed by atoms with Gasteiger partial charge in [-0.05, 0) is 50.4 Å². The molecule has 3 rings (SSSR count). The van der Waals surface area contributed by atoms with Crippen molar-refractivity contribution in [1.29, 1.82) is 0 Å². The lowest BCUT2D eigenvalue weighted by Crippen LogP contribution is -2.35. The van der Waals surface area contributed by atoms with Gasteiger partial charge in [0.05, 0.1) is 12.2 Å². The number of likely N-dealkylation sites (tertiary alicyclic amines) is 1. The molecule has 134 valence electrons. The van der Waals surface area contributed by atoms with Gasteiger partial charge in [-0.2, -0.15) is 0 Å². The maximum absolute atomic E-state index is 12.4. The smallest absolute Gasteiger partial charge is 0.287 e. The zero-order valence-corrected chi connectivity index (χ0v) is 14.9. The Hall–Kier alpha value is -2.28. The molecule has 1 fully saturated rings. The van der Waals surface area contributed by atoms with E-state index in [1.54, 1.807) is 4.90 Å². The van der Waals surface area contributed by atoms with Gasteiger partial charge in [-0.3, -0.25) is 9.59 Å². The minimum absolute atomic E-state index is 0.0674. The van der Waals surface area contributed by atoms with Crippen LogP contribution in [-0.4, -0.2) is 34.5 Å². The van der Waals surface area contributed by atoms with Crippen LogP contribution >= 0.6 is 11.6 Å². The first-order valence-corrected chi connectivity index (χ1v) is 8.57. The SMILES string of the molecule is Cc1noc(C)c1CN1CCC(NC(=O)c2ccc(Cl)o2)CCC1=O. The molecule has 2 amide bonds. The van der Waals surface area contributed by atoms with Crippen LogP contribution in [0.1, 0.15) is 46.8 Å². The summed E-state index contributed by atoms with van der Waals surface area (Å²) in [5.41, 5.74) is 1.75. The van der Waals surface area contributed by atoms with Crippen LogP contribution in [0.3, 0.4) is 0 Å². The molecule has 1 atom stereocenters. The number of hydrogen-bond acceptors (Lipinski definition) is 5. The molecule has 1 unspecified atom stereocenters. The van der Waals surface area contributed by atoms with Crippen molar-refractivity contribution in [2.24, 2.45) is 0 Å². The van der Waals surface area contributed by atoms with Gasteiger partial charge < -0.3 is 19.2 Å². The zero-order valence-electron chi connectivity index (χ0n) is 14.2. The molecule has 2 aromatic rings. The van der Waals surface area contributed by atoms with Crippen molar-refractivity contribution in [3.05, 3.63) is 40.1 Å². The van der Waals surface area contributed by atoms with Crippen LogP contribution in [0, 0.1) is 13.8 Å². The van der Waals surface area contributed by atoms with Crippen molar-refractivity contribution in [3.8, 4) is 0 Å². The summed E-state index contributed by atoms with van der Waals surface area (Å²) in [5, 5.41) is 7.01. The standard InChI is InChI=1S/C17H20ClN3O4/c1-10-13(11(2)25-20-10)9-21-8-7-12(3-6-16(21)22)19-17(23)14-4-5-15(18)24-14/h4-5,12H,3,6-9H2,1-2H3,(H,19,23). The molecule has 0 aliphatic carbocycles. The molecule has 0 radical (unpaired) electrons. The number of aryl methyl sites for hydroxylation is 2. The molecule has 8 heteroatoms. The third kappa shape index (κ3) is 4.04. The average Bonchev–Trinajstić information content (AvgIpc) is 3.10. The first kappa shape index (κ1) is 17.5. The third-order valence-electron chi connectivity index (χ3n) is 4.47. The second kappa shape index (κ2) is 7.31. The van der Waals surface area contributed by atoms with Gasteiger partial charge in [-0.25, -0.2) is 0 Å². The minimum atomic E-state index is -0.316. The molecule has 3 heterocycles. The number of hydrogen-bond donors (Lipinski definition) is 1. The first-order chi connectivity index (χ1) is 11.9. The van der Waals surface area contributed by atoms with Gasteiger partial charge in [0, 0.05) is 24.6 Å². The Balaban J connectivity index is 1.61. The van der Waals surface area contributed by atoms with Crippen LogP contribution < -0.4 is 5.32 Å². The van der Waals surface area contributed by atoms with Gasteiger partial charge in [0.25, 0.3) is 5.91 Å². The van der Waals surface area contributed by atoms with Crippen molar-refractivity contribution < 1.29 is 18.5 Å². The number of nitrogens with zero attached hydrogens (tertiary/aromatic N) is 2. The zero-order chi connectivity index (χ0) is 18.0. The number of carbonyl (C=O) groups excluding carboxylic acids is 2. The van der Waals surface area contributed by atoms with Gasteiger partial charge in [0.15, 0.2) is 11.0 Å². The topological polar surface area (TPSA) is 88.6 Å². The maximum atomic E-state index is 12.4. The largest absolute Gasteiger partial charge is 0.440 e. The van der Waals surface area contributed by atoms with Gasteiger partial charge in [-0.15, -0.1) is 0 Å². The molecule has 2 aromatic heterocycles. The molecule has 0 bridgehead atoms. The lowest BCUT2D eigenvalue weighted by Gasteiger charge is -2.21. The predicted octanol–water partition coefficient (Wildman–Crippen LogP) is 2.85. The van der Waals surface area contributed by atoms with E-state index in [-0.39, 0.29) is 28.8 Å². The van der Waals surface area contributed by atoms with E-state index in [1.165, 1.54) is 12.1 Å². The van der Waals surface area contributed by atoms with E-state index in [9.17, 15) is 9.59 Å². The molecular formula is C17H20ClN3O4. The van der Waals surface area contributed by atoms with Crippen LogP contribution in [-0.2, 0) is 11.3 Å². The normalized spacial score (nSPS) is 18.3. The molecule has 1 aliphatic heterocycles. The van der Waals surface area contributed by atoms with Crippen LogP contribution in [0.5, 0.6) is 0 Å². The van der Waals surface area contributed by atoms with E-state index >= 15 is 0 Å². The lowest BCUT2D eigenvalue weighted by atomic mass is 10.1. The van der Waals surface area contributed by atoms with Crippen LogP contribution in [0.15, 0.2) is 21.1 Å². The monoisotopic (exact) mass is 365 g/mol. The van der Waals surface area contributed by atoms with E-state index in [0.717, 1.165) is 17.0 Å². The Morgan fingerprint density at radius 1 is 1.40 bits per heavy atom. The highest BCUT2D eigenvalue weighted by Gasteiger charge is 2.26.